The topological polar surface area (TPSA) is 40.5 Å². The minimum Gasteiger partial charge on any atom is -0.507 e. The molecule has 2 atom stereocenters. The van der Waals surface area contributed by atoms with Crippen molar-refractivity contribution in [1.29, 1.82) is 0 Å². The zero-order valence-corrected chi connectivity index (χ0v) is 19.6. The minimum absolute atomic E-state index is 0.0458. The molecule has 162 valence electrons. The fourth-order valence-corrected chi connectivity index (χ4v) is 6.10. The third-order valence-corrected chi connectivity index (χ3v) is 7.71. The Kier molecular flexibility index (Phi) is 6.14. The van der Waals surface area contributed by atoms with E-state index >= 15 is 0 Å². The molecule has 1 aromatic rings. The van der Waals surface area contributed by atoms with Crippen LogP contribution in [0.5, 0.6) is 11.5 Å². The maximum absolute atomic E-state index is 11.1. The Morgan fingerprint density at radius 3 is 2.31 bits per heavy atom. The average molecular weight is 399 g/mol. The lowest BCUT2D eigenvalue weighted by Crippen LogP contribution is -2.23. The highest BCUT2D eigenvalue weighted by atomic mass is 16.3. The van der Waals surface area contributed by atoms with Gasteiger partial charge in [-0.2, -0.15) is 0 Å². The first-order valence-electron chi connectivity index (χ1n) is 11.8. The maximum Gasteiger partial charge on any atom is 0.123 e. The quantitative estimate of drug-likeness (QED) is 0.329. The number of rotatable bonds is 9. The second kappa shape index (κ2) is 8.00. The van der Waals surface area contributed by atoms with E-state index in [9.17, 15) is 10.2 Å². The number of fused-ring (bicyclic) bond motifs is 1. The molecule has 2 aliphatic rings. The predicted octanol–water partition coefficient (Wildman–Crippen LogP) is 7.76. The van der Waals surface area contributed by atoms with Crippen molar-refractivity contribution in [1.82, 2.24) is 0 Å². The van der Waals surface area contributed by atoms with Gasteiger partial charge in [0, 0.05) is 11.0 Å². The summed E-state index contributed by atoms with van der Waals surface area (Å²) in [6.45, 7) is 13.5. The fraction of sp³-hybridized carbons (Fsp3) is 0.704. The molecule has 2 aliphatic carbocycles. The summed E-state index contributed by atoms with van der Waals surface area (Å²) in [6, 6.07) is 3.89. The number of hydrogen-bond donors (Lipinski definition) is 2. The van der Waals surface area contributed by atoms with E-state index in [0.29, 0.717) is 17.4 Å². The third kappa shape index (κ3) is 4.09. The number of phenols is 2. The van der Waals surface area contributed by atoms with Gasteiger partial charge >= 0.3 is 0 Å². The second-order valence-electron chi connectivity index (χ2n) is 11.1. The van der Waals surface area contributed by atoms with E-state index in [4.69, 9.17) is 0 Å². The summed E-state index contributed by atoms with van der Waals surface area (Å²) < 4.78 is 0. The van der Waals surface area contributed by atoms with Gasteiger partial charge in [-0.3, -0.25) is 0 Å². The van der Waals surface area contributed by atoms with Gasteiger partial charge in [-0.1, -0.05) is 72.0 Å². The van der Waals surface area contributed by atoms with E-state index < -0.39 is 0 Å². The molecular weight excluding hydrogens is 356 g/mol. The summed E-state index contributed by atoms with van der Waals surface area (Å²) in [4.78, 5) is 0. The first kappa shape index (κ1) is 22.2. The van der Waals surface area contributed by atoms with Crippen molar-refractivity contribution in [2.75, 3.05) is 0 Å². The summed E-state index contributed by atoms with van der Waals surface area (Å²) in [5.41, 5.74) is 3.19. The van der Waals surface area contributed by atoms with Gasteiger partial charge in [-0.25, -0.2) is 0 Å². The van der Waals surface area contributed by atoms with E-state index in [-0.39, 0.29) is 16.2 Å². The van der Waals surface area contributed by atoms with Crippen LogP contribution in [0.1, 0.15) is 110 Å². The number of unbranched alkanes of at least 4 members (excludes halogenated alkanes) is 3. The smallest absolute Gasteiger partial charge is 0.123 e. The molecule has 0 spiro atoms. The molecule has 29 heavy (non-hydrogen) atoms. The van der Waals surface area contributed by atoms with Gasteiger partial charge in [0.2, 0.25) is 0 Å². The van der Waals surface area contributed by atoms with Crippen LogP contribution in [0.2, 0.25) is 0 Å². The molecule has 0 radical (unpaired) electrons. The highest BCUT2D eigenvalue weighted by molar-refractivity contribution is 5.60. The molecule has 0 aliphatic heterocycles. The van der Waals surface area contributed by atoms with Crippen LogP contribution in [0.4, 0.5) is 0 Å². The molecule has 1 saturated carbocycles. The Labute approximate surface area is 178 Å². The van der Waals surface area contributed by atoms with E-state index in [1.807, 2.05) is 12.1 Å². The van der Waals surface area contributed by atoms with Crippen LogP contribution in [0.25, 0.3) is 0 Å². The Hall–Kier alpha value is -1.44. The lowest BCUT2D eigenvalue weighted by atomic mass is 9.72. The number of aromatic hydroxyl groups is 2. The van der Waals surface area contributed by atoms with Crippen molar-refractivity contribution in [2.45, 2.75) is 110 Å². The Morgan fingerprint density at radius 2 is 1.72 bits per heavy atom. The van der Waals surface area contributed by atoms with Crippen molar-refractivity contribution in [3.8, 4) is 11.5 Å². The summed E-state index contributed by atoms with van der Waals surface area (Å²) >= 11 is 0. The van der Waals surface area contributed by atoms with Crippen molar-refractivity contribution in [2.24, 2.45) is 11.3 Å². The highest BCUT2D eigenvalue weighted by Gasteiger charge is 2.68. The zero-order chi connectivity index (χ0) is 21.4. The van der Waals surface area contributed by atoms with Crippen molar-refractivity contribution < 1.29 is 10.2 Å². The van der Waals surface area contributed by atoms with Crippen LogP contribution in [0, 0.1) is 11.3 Å². The molecule has 0 aromatic heterocycles. The Balaban J connectivity index is 1.93. The molecule has 2 nitrogen and oxygen atoms in total. The predicted molar refractivity (Wildman–Crippen MR) is 123 cm³/mol. The number of phenolic OH excluding ortho intramolecular Hbond substituents is 2. The number of benzene rings is 1. The van der Waals surface area contributed by atoms with E-state index in [2.05, 4.69) is 47.6 Å². The van der Waals surface area contributed by atoms with Gasteiger partial charge in [0.05, 0.1) is 0 Å². The maximum atomic E-state index is 11.1. The SMILES string of the molecule is CCCCCCC(C)(C)c1cc(O)c([C@]23C=C(C)CC[C@@]2(CC(C)C)C3)c(O)c1. The highest BCUT2D eigenvalue weighted by Crippen LogP contribution is 2.75. The van der Waals surface area contributed by atoms with Crippen LogP contribution in [-0.4, -0.2) is 10.2 Å². The molecule has 0 bridgehead atoms. The van der Waals surface area contributed by atoms with Crippen LogP contribution in [0.3, 0.4) is 0 Å². The van der Waals surface area contributed by atoms with Crippen LogP contribution >= 0.6 is 0 Å². The Bertz CT molecular complexity index is 750. The van der Waals surface area contributed by atoms with Crippen molar-refractivity contribution in [3.63, 3.8) is 0 Å². The minimum atomic E-state index is -0.183. The average Bonchev–Trinajstić information content (AvgIpc) is 3.24. The first-order valence-corrected chi connectivity index (χ1v) is 11.8. The summed E-state index contributed by atoms with van der Waals surface area (Å²) in [5.74, 6) is 1.20. The number of hydrogen-bond acceptors (Lipinski definition) is 2. The molecular formula is C27H42O2. The number of allylic oxidation sites excluding steroid dienone is 2. The normalized spacial score (nSPS) is 26.4. The van der Waals surface area contributed by atoms with Crippen molar-refractivity contribution in [3.05, 3.63) is 34.9 Å². The largest absolute Gasteiger partial charge is 0.507 e. The summed E-state index contributed by atoms with van der Waals surface area (Å²) in [6.07, 6.45) is 12.9. The summed E-state index contributed by atoms with van der Waals surface area (Å²) in [5, 5.41) is 22.3. The lowest BCUT2D eigenvalue weighted by Gasteiger charge is -2.32. The van der Waals surface area contributed by atoms with E-state index in [1.165, 1.54) is 31.3 Å². The molecule has 2 N–H and O–H groups in total. The molecule has 0 heterocycles. The third-order valence-electron chi connectivity index (χ3n) is 7.71. The first-order chi connectivity index (χ1) is 13.6. The molecule has 0 unspecified atom stereocenters. The van der Waals surface area contributed by atoms with Gasteiger partial charge in [-0.05, 0) is 73.5 Å². The molecule has 1 fully saturated rings. The van der Waals surface area contributed by atoms with Gasteiger partial charge in [0.1, 0.15) is 11.5 Å². The van der Waals surface area contributed by atoms with Gasteiger partial charge < -0.3 is 10.2 Å². The molecule has 0 saturated heterocycles. The lowest BCUT2D eigenvalue weighted by molar-refractivity contribution is 0.312. The second-order valence-corrected chi connectivity index (χ2v) is 11.1. The Morgan fingerprint density at radius 1 is 1.07 bits per heavy atom. The van der Waals surface area contributed by atoms with E-state index in [0.717, 1.165) is 43.2 Å². The summed E-state index contributed by atoms with van der Waals surface area (Å²) in [7, 11) is 0. The van der Waals surface area contributed by atoms with Gasteiger partial charge in [-0.15, -0.1) is 0 Å². The molecule has 1 aromatic carbocycles. The van der Waals surface area contributed by atoms with Gasteiger partial charge in [0.15, 0.2) is 0 Å². The van der Waals surface area contributed by atoms with Crippen LogP contribution in [0.15, 0.2) is 23.8 Å². The molecule has 0 amide bonds. The zero-order valence-electron chi connectivity index (χ0n) is 19.6. The van der Waals surface area contributed by atoms with Crippen LogP contribution < -0.4 is 0 Å². The van der Waals surface area contributed by atoms with Crippen molar-refractivity contribution >= 4 is 0 Å². The fourth-order valence-electron chi connectivity index (χ4n) is 6.10. The van der Waals surface area contributed by atoms with Crippen LogP contribution in [-0.2, 0) is 10.8 Å². The van der Waals surface area contributed by atoms with E-state index in [1.54, 1.807) is 0 Å². The molecule has 2 heteroatoms. The molecule has 3 rings (SSSR count). The standard InChI is InChI=1S/C27H42O2/c1-7-8-9-10-12-25(5,6)21-14-22(28)24(23(29)15-21)27-17-20(4)11-13-26(27,18-27)16-19(2)3/h14-15,17,19,28-29H,7-13,16,18H2,1-6H3/t26-,27-/m1/s1. The monoisotopic (exact) mass is 398 g/mol. The van der Waals surface area contributed by atoms with Gasteiger partial charge in [0.25, 0.3) is 0 Å².